The Balaban J connectivity index is 1.71. The molecule has 0 bridgehead atoms. The number of carbonyl (C=O) groups is 3. The van der Waals surface area contributed by atoms with Crippen LogP contribution in [0.5, 0.6) is 0 Å². The Morgan fingerprint density at radius 1 is 0.958 bits per heavy atom. The monoisotopic (exact) mass is 330 g/mol. The summed E-state index contributed by atoms with van der Waals surface area (Å²) in [7, 11) is 0. The molecule has 0 saturated heterocycles. The maximum atomic E-state index is 13.0. The average molecular weight is 330 g/mol. The van der Waals surface area contributed by atoms with Crippen LogP contribution in [0.3, 0.4) is 0 Å². The van der Waals surface area contributed by atoms with Gasteiger partial charge < -0.3 is 4.74 Å². The van der Waals surface area contributed by atoms with Crippen molar-refractivity contribution in [2.45, 2.75) is 6.42 Å². The first-order valence-electron chi connectivity index (χ1n) is 7.09. The molecule has 124 valence electrons. The minimum atomic E-state index is -0.688. The zero-order valence-electron chi connectivity index (χ0n) is 12.6. The van der Waals surface area contributed by atoms with E-state index >= 15 is 0 Å². The Hall–Kier alpha value is -3.22. The van der Waals surface area contributed by atoms with Gasteiger partial charge in [-0.15, -0.1) is 0 Å². The first kappa shape index (κ1) is 17.1. The summed E-state index contributed by atoms with van der Waals surface area (Å²) < 4.78 is 17.8. The van der Waals surface area contributed by atoms with E-state index in [-0.39, 0.29) is 6.42 Å². The predicted octanol–water partition coefficient (Wildman–Crippen LogP) is 1.37. The van der Waals surface area contributed by atoms with Crippen LogP contribution in [0.15, 0.2) is 54.6 Å². The summed E-state index contributed by atoms with van der Waals surface area (Å²) in [4.78, 5) is 34.8. The van der Waals surface area contributed by atoms with E-state index in [0.717, 1.165) is 0 Å². The van der Waals surface area contributed by atoms with Crippen molar-refractivity contribution >= 4 is 17.8 Å². The normalized spacial score (nSPS) is 9.88. The summed E-state index contributed by atoms with van der Waals surface area (Å²) in [6.45, 7) is -0.552. The summed E-state index contributed by atoms with van der Waals surface area (Å²) in [5.41, 5.74) is 5.15. The van der Waals surface area contributed by atoms with E-state index < -0.39 is 30.2 Å². The summed E-state index contributed by atoms with van der Waals surface area (Å²) in [6.07, 6.45) is -0.151. The third kappa shape index (κ3) is 5.53. The van der Waals surface area contributed by atoms with Crippen molar-refractivity contribution in [2.24, 2.45) is 0 Å². The minimum absolute atomic E-state index is 0.151. The van der Waals surface area contributed by atoms with Crippen LogP contribution in [-0.2, 0) is 20.7 Å². The molecule has 0 aromatic heterocycles. The smallest absolute Gasteiger partial charge is 0.310 e. The molecule has 0 atom stereocenters. The Morgan fingerprint density at radius 2 is 1.71 bits per heavy atom. The van der Waals surface area contributed by atoms with Crippen LogP contribution in [0.25, 0.3) is 0 Å². The van der Waals surface area contributed by atoms with Gasteiger partial charge in [0.1, 0.15) is 5.82 Å². The number of esters is 1. The molecule has 6 nitrogen and oxygen atoms in total. The molecule has 0 aliphatic heterocycles. The third-order valence-electron chi connectivity index (χ3n) is 2.95. The number of halogens is 1. The Labute approximate surface area is 137 Å². The van der Waals surface area contributed by atoms with Crippen molar-refractivity contribution in [1.82, 2.24) is 10.9 Å². The molecular weight excluding hydrogens is 315 g/mol. The predicted molar refractivity (Wildman–Crippen MR) is 83.1 cm³/mol. The van der Waals surface area contributed by atoms with Gasteiger partial charge >= 0.3 is 5.97 Å². The van der Waals surface area contributed by atoms with Crippen LogP contribution < -0.4 is 10.9 Å². The first-order chi connectivity index (χ1) is 11.5. The molecule has 0 aliphatic carbocycles. The number of hydrogen-bond acceptors (Lipinski definition) is 4. The molecule has 2 aromatic carbocycles. The van der Waals surface area contributed by atoms with E-state index in [0.29, 0.717) is 11.1 Å². The number of nitrogens with one attached hydrogen (secondary N) is 2. The fraction of sp³-hybridized carbons (Fsp3) is 0.118. The zero-order valence-corrected chi connectivity index (χ0v) is 12.6. The summed E-state index contributed by atoms with van der Waals surface area (Å²) >= 11 is 0. The Morgan fingerprint density at radius 3 is 2.42 bits per heavy atom. The average Bonchev–Trinajstić information content (AvgIpc) is 2.58. The topological polar surface area (TPSA) is 84.5 Å². The molecule has 7 heteroatoms. The van der Waals surface area contributed by atoms with E-state index in [1.165, 1.54) is 18.2 Å². The molecule has 0 spiro atoms. The van der Waals surface area contributed by atoms with Crippen molar-refractivity contribution < 1.29 is 23.5 Å². The van der Waals surface area contributed by atoms with Crippen molar-refractivity contribution in [1.29, 1.82) is 0 Å². The van der Waals surface area contributed by atoms with Crippen LogP contribution in [0, 0.1) is 5.82 Å². The van der Waals surface area contributed by atoms with Crippen LogP contribution in [0.1, 0.15) is 15.9 Å². The second kappa shape index (κ2) is 8.42. The SMILES string of the molecule is O=C(COC(=O)Cc1cccc(F)c1)NNC(=O)c1ccccc1. The van der Waals surface area contributed by atoms with Crippen molar-refractivity contribution in [3.05, 3.63) is 71.5 Å². The Kier molecular flexibility index (Phi) is 6.01. The highest BCUT2D eigenvalue weighted by Gasteiger charge is 2.10. The lowest BCUT2D eigenvalue weighted by atomic mass is 10.1. The third-order valence-corrected chi connectivity index (χ3v) is 2.95. The highest BCUT2D eigenvalue weighted by molar-refractivity contribution is 5.95. The van der Waals surface area contributed by atoms with E-state index in [1.807, 2.05) is 0 Å². The molecule has 0 unspecified atom stereocenters. The summed E-state index contributed by atoms with van der Waals surface area (Å²) in [5, 5.41) is 0. The summed E-state index contributed by atoms with van der Waals surface area (Å²) in [6, 6.07) is 13.8. The lowest BCUT2D eigenvalue weighted by Crippen LogP contribution is -2.43. The van der Waals surface area contributed by atoms with Crippen molar-refractivity contribution in [3.63, 3.8) is 0 Å². The second-order valence-corrected chi connectivity index (χ2v) is 4.84. The van der Waals surface area contributed by atoms with Crippen molar-refractivity contribution in [2.75, 3.05) is 6.61 Å². The van der Waals surface area contributed by atoms with Gasteiger partial charge in [-0.05, 0) is 29.8 Å². The van der Waals surface area contributed by atoms with E-state index in [2.05, 4.69) is 10.9 Å². The van der Waals surface area contributed by atoms with Gasteiger partial charge in [0.05, 0.1) is 6.42 Å². The van der Waals surface area contributed by atoms with E-state index in [9.17, 15) is 18.8 Å². The number of rotatable bonds is 5. The van der Waals surface area contributed by atoms with Crippen LogP contribution in [0.4, 0.5) is 4.39 Å². The molecule has 0 heterocycles. The lowest BCUT2D eigenvalue weighted by Gasteiger charge is -2.08. The van der Waals surface area contributed by atoms with Gasteiger partial charge in [-0.3, -0.25) is 25.2 Å². The Bertz CT molecular complexity index is 734. The molecule has 2 rings (SSSR count). The molecule has 0 aliphatic rings. The molecule has 2 N–H and O–H groups in total. The number of amides is 2. The van der Waals surface area contributed by atoms with Crippen LogP contribution >= 0.6 is 0 Å². The maximum Gasteiger partial charge on any atom is 0.310 e. The van der Waals surface area contributed by atoms with Gasteiger partial charge in [-0.1, -0.05) is 30.3 Å². The maximum absolute atomic E-state index is 13.0. The van der Waals surface area contributed by atoms with Gasteiger partial charge in [0.2, 0.25) is 0 Å². The molecule has 0 radical (unpaired) electrons. The minimum Gasteiger partial charge on any atom is -0.455 e. The molecular formula is C17H15FN2O4. The van der Waals surface area contributed by atoms with Gasteiger partial charge in [-0.25, -0.2) is 4.39 Å². The molecule has 0 saturated carbocycles. The highest BCUT2D eigenvalue weighted by atomic mass is 19.1. The van der Waals surface area contributed by atoms with E-state index in [4.69, 9.17) is 4.74 Å². The summed E-state index contributed by atoms with van der Waals surface area (Å²) in [5.74, 6) is -2.31. The standard InChI is InChI=1S/C17H15FN2O4/c18-14-8-4-5-12(9-14)10-16(22)24-11-15(21)19-20-17(23)13-6-2-1-3-7-13/h1-9H,10-11H2,(H,19,21)(H,20,23). The molecule has 0 fully saturated rings. The number of ether oxygens (including phenoxy) is 1. The highest BCUT2D eigenvalue weighted by Crippen LogP contribution is 2.05. The first-order valence-corrected chi connectivity index (χ1v) is 7.09. The second-order valence-electron chi connectivity index (χ2n) is 4.84. The molecule has 2 aromatic rings. The van der Waals surface area contributed by atoms with Gasteiger partial charge in [-0.2, -0.15) is 0 Å². The fourth-order valence-electron chi connectivity index (χ4n) is 1.83. The molecule has 2 amide bonds. The number of hydrazine groups is 1. The van der Waals surface area contributed by atoms with Crippen LogP contribution in [0.2, 0.25) is 0 Å². The zero-order chi connectivity index (χ0) is 17.4. The fourth-order valence-corrected chi connectivity index (χ4v) is 1.83. The van der Waals surface area contributed by atoms with Gasteiger partial charge in [0.15, 0.2) is 6.61 Å². The number of hydrogen-bond donors (Lipinski definition) is 2. The number of benzene rings is 2. The van der Waals surface area contributed by atoms with Gasteiger partial charge in [0.25, 0.3) is 11.8 Å². The van der Waals surface area contributed by atoms with Crippen molar-refractivity contribution in [3.8, 4) is 0 Å². The van der Waals surface area contributed by atoms with Gasteiger partial charge in [0, 0.05) is 5.56 Å². The lowest BCUT2D eigenvalue weighted by molar-refractivity contribution is -0.148. The van der Waals surface area contributed by atoms with E-state index in [1.54, 1.807) is 36.4 Å². The number of carbonyl (C=O) groups excluding carboxylic acids is 3. The quantitative estimate of drug-likeness (QED) is 0.641. The largest absolute Gasteiger partial charge is 0.455 e. The molecule has 24 heavy (non-hydrogen) atoms. The van der Waals surface area contributed by atoms with Crippen LogP contribution in [-0.4, -0.2) is 24.4 Å².